The van der Waals surface area contributed by atoms with Crippen molar-refractivity contribution in [2.75, 3.05) is 13.1 Å². The third kappa shape index (κ3) is 3.08. The summed E-state index contributed by atoms with van der Waals surface area (Å²) in [6, 6.07) is 5.59. The van der Waals surface area contributed by atoms with Gasteiger partial charge in [-0.05, 0) is 43.2 Å². The van der Waals surface area contributed by atoms with Gasteiger partial charge in [-0.3, -0.25) is 14.2 Å². The average molecular weight is 339 g/mol. The van der Waals surface area contributed by atoms with Gasteiger partial charge >= 0.3 is 0 Å². The van der Waals surface area contributed by atoms with Crippen molar-refractivity contribution in [2.45, 2.75) is 45.6 Å². The van der Waals surface area contributed by atoms with E-state index in [4.69, 9.17) is 0 Å². The average Bonchev–Trinajstić information content (AvgIpc) is 2.64. The number of carbonyl (C=O) groups excluding carboxylic acids is 1. The number of hydrogen-bond acceptors (Lipinski definition) is 3. The summed E-state index contributed by atoms with van der Waals surface area (Å²) in [6.07, 6.45) is 7.82. The van der Waals surface area contributed by atoms with Crippen LogP contribution in [0.3, 0.4) is 0 Å². The molecule has 0 N–H and O–H groups in total. The van der Waals surface area contributed by atoms with Gasteiger partial charge in [-0.25, -0.2) is 4.98 Å². The van der Waals surface area contributed by atoms with Crippen molar-refractivity contribution >= 4 is 16.8 Å². The smallest absolute Gasteiger partial charge is 0.261 e. The maximum atomic E-state index is 12.7. The molecule has 1 aromatic carbocycles. The number of nitrogens with zero attached hydrogens (tertiary/aromatic N) is 3. The van der Waals surface area contributed by atoms with Gasteiger partial charge in [0.15, 0.2) is 0 Å². The summed E-state index contributed by atoms with van der Waals surface area (Å²) in [5, 5.41) is 0.585. The van der Waals surface area contributed by atoms with Crippen LogP contribution in [0.25, 0.3) is 10.9 Å². The highest BCUT2D eigenvalue weighted by molar-refractivity contribution is 5.81. The van der Waals surface area contributed by atoms with Crippen LogP contribution in [0.5, 0.6) is 0 Å². The Morgan fingerprint density at radius 2 is 2.00 bits per heavy atom. The zero-order valence-corrected chi connectivity index (χ0v) is 14.8. The molecule has 1 saturated heterocycles. The largest absolute Gasteiger partial charge is 0.341 e. The number of amides is 1. The molecular weight excluding hydrogens is 314 g/mol. The van der Waals surface area contributed by atoms with E-state index in [0.29, 0.717) is 11.3 Å². The number of hydrogen-bond donors (Lipinski definition) is 0. The first kappa shape index (κ1) is 16.3. The van der Waals surface area contributed by atoms with Gasteiger partial charge in [0.25, 0.3) is 5.56 Å². The Kier molecular flexibility index (Phi) is 4.32. The Hall–Kier alpha value is -2.17. The number of aromatic nitrogens is 2. The van der Waals surface area contributed by atoms with Crippen LogP contribution in [0.4, 0.5) is 0 Å². The first-order valence-electron chi connectivity index (χ1n) is 9.36. The molecule has 0 spiro atoms. The monoisotopic (exact) mass is 339 g/mol. The molecule has 4 rings (SSSR count). The van der Waals surface area contributed by atoms with Gasteiger partial charge in [0.2, 0.25) is 5.91 Å². The molecule has 2 heterocycles. The van der Waals surface area contributed by atoms with Crippen LogP contribution < -0.4 is 5.56 Å². The van der Waals surface area contributed by atoms with E-state index in [0.717, 1.165) is 36.5 Å². The molecule has 0 radical (unpaired) electrons. The summed E-state index contributed by atoms with van der Waals surface area (Å²) in [5.41, 5.74) is 1.57. The molecule has 5 heteroatoms. The van der Waals surface area contributed by atoms with Crippen molar-refractivity contribution < 1.29 is 4.79 Å². The second kappa shape index (κ2) is 6.62. The van der Waals surface area contributed by atoms with Gasteiger partial charge in [-0.1, -0.05) is 31.4 Å². The standard InChI is InChI=1S/C20H25N3O2/c1-14-5-4-8-17-19(14)21-13-23(20(17)25)12-18(24)22-10-9-15-6-2-3-7-16(15)11-22/h4-5,8,13,15-16H,2-3,6-7,9-12H2,1H3. The Morgan fingerprint density at radius 3 is 2.84 bits per heavy atom. The minimum absolute atomic E-state index is 0.0416. The van der Waals surface area contributed by atoms with Crippen LogP contribution >= 0.6 is 0 Å². The van der Waals surface area contributed by atoms with Gasteiger partial charge in [-0.2, -0.15) is 0 Å². The predicted octanol–water partition coefficient (Wildman–Crippen LogP) is 2.74. The van der Waals surface area contributed by atoms with E-state index in [9.17, 15) is 9.59 Å². The van der Waals surface area contributed by atoms with Gasteiger partial charge in [0.1, 0.15) is 6.54 Å². The molecule has 1 aromatic heterocycles. The van der Waals surface area contributed by atoms with Gasteiger partial charge < -0.3 is 4.90 Å². The number of rotatable bonds is 2. The Bertz CT molecular complexity index is 858. The van der Waals surface area contributed by atoms with E-state index in [1.807, 2.05) is 24.0 Å². The Morgan fingerprint density at radius 1 is 1.20 bits per heavy atom. The SMILES string of the molecule is Cc1cccc2c(=O)n(CC(=O)N3CCC4CCCCC4C3)cnc12. The van der Waals surface area contributed by atoms with Crippen LogP contribution in [-0.2, 0) is 11.3 Å². The van der Waals surface area contributed by atoms with Crippen molar-refractivity contribution in [2.24, 2.45) is 11.8 Å². The zero-order valence-electron chi connectivity index (χ0n) is 14.8. The van der Waals surface area contributed by atoms with Crippen LogP contribution in [0.1, 0.15) is 37.7 Å². The highest BCUT2D eigenvalue weighted by atomic mass is 16.2. The molecule has 5 nitrogen and oxygen atoms in total. The van der Waals surface area contributed by atoms with E-state index in [2.05, 4.69) is 4.98 Å². The topological polar surface area (TPSA) is 55.2 Å². The summed E-state index contributed by atoms with van der Waals surface area (Å²) >= 11 is 0. The van der Waals surface area contributed by atoms with Crippen LogP contribution in [0, 0.1) is 18.8 Å². The molecule has 1 aliphatic heterocycles. The third-order valence-corrected chi connectivity index (χ3v) is 6.00. The maximum Gasteiger partial charge on any atom is 0.261 e. The van der Waals surface area contributed by atoms with Crippen LogP contribution in [0.15, 0.2) is 29.3 Å². The lowest BCUT2D eigenvalue weighted by atomic mass is 9.75. The number of fused-ring (bicyclic) bond motifs is 2. The molecule has 0 bridgehead atoms. The summed E-state index contributed by atoms with van der Waals surface area (Å²) in [4.78, 5) is 31.8. The molecule has 2 aliphatic rings. The predicted molar refractivity (Wildman–Crippen MR) is 97.4 cm³/mol. The maximum absolute atomic E-state index is 12.7. The lowest BCUT2D eigenvalue weighted by Gasteiger charge is -2.41. The first-order chi connectivity index (χ1) is 12.1. The number of likely N-dealkylation sites (tertiary alicyclic amines) is 1. The fraction of sp³-hybridized carbons (Fsp3) is 0.550. The fourth-order valence-corrected chi connectivity index (χ4v) is 4.52. The third-order valence-electron chi connectivity index (χ3n) is 6.00. The van der Waals surface area contributed by atoms with E-state index < -0.39 is 0 Å². The van der Waals surface area contributed by atoms with Crippen molar-refractivity contribution in [3.05, 3.63) is 40.4 Å². The number of piperidine rings is 1. The molecule has 1 saturated carbocycles. The van der Waals surface area contributed by atoms with E-state index in [1.165, 1.54) is 36.6 Å². The lowest BCUT2D eigenvalue weighted by Crippen LogP contribution is -2.46. The molecule has 132 valence electrons. The highest BCUT2D eigenvalue weighted by Crippen LogP contribution is 2.36. The van der Waals surface area contributed by atoms with Crippen molar-refractivity contribution in [1.82, 2.24) is 14.5 Å². The molecule has 1 amide bonds. The zero-order chi connectivity index (χ0) is 17.4. The normalized spacial score (nSPS) is 23.5. The van der Waals surface area contributed by atoms with E-state index in [-0.39, 0.29) is 18.0 Å². The fourth-order valence-electron chi connectivity index (χ4n) is 4.52. The summed E-state index contributed by atoms with van der Waals surface area (Å²) in [6.45, 7) is 3.72. The van der Waals surface area contributed by atoms with Crippen molar-refractivity contribution in [3.63, 3.8) is 0 Å². The minimum Gasteiger partial charge on any atom is -0.341 e. The van der Waals surface area contributed by atoms with E-state index >= 15 is 0 Å². The quantitative estimate of drug-likeness (QED) is 0.845. The lowest BCUT2D eigenvalue weighted by molar-refractivity contribution is -0.135. The van der Waals surface area contributed by atoms with Crippen molar-refractivity contribution in [3.8, 4) is 0 Å². The number of aryl methyl sites for hydroxylation is 1. The van der Waals surface area contributed by atoms with Crippen LogP contribution in [0.2, 0.25) is 0 Å². The van der Waals surface area contributed by atoms with E-state index in [1.54, 1.807) is 6.07 Å². The number of benzene rings is 1. The summed E-state index contributed by atoms with van der Waals surface area (Å²) < 4.78 is 1.46. The molecule has 1 aliphatic carbocycles. The summed E-state index contributed by atoms with van der Waals surface area (Å²) in [7, 11) is 0. The first-order valence-corrected chi connectivity index (χ1v) is 9.36. The van der Waals surface area contributed by atoms with Gasteiger partial charge in [0, 0.05) is 13.1 Å². The molecule has 2 unspecified atom stereocenters. The molecular formula is C20H25N3O2. The second-order valence-corrected chi connectivity index (χ2v) is 7.58. The highest BCUT2D eigenvalue weighted by Gasteiger charge is 2.32. The van der Waals surface area contributed by atoms with Gasteiger partial charge in [0.05, 0.1) is 17.2 Å². The van der Waals surface area contributed by atoms with Crippen molar-refractivity contribution in [1.29, 1.82) is 0 Å². The molecule has 2 aromatic rings. The molecule has 25 heavy (non-hydrogen) atoms. The molecule has 2 atom stereocenters. The Balaban J connectivity index is 1.52. The summed E-state index contributed by atoms with van der Waals surface area (Å²) in [5.74, 6) is 1.49. The van der Waals surface area contributed by atoms with Crippen LogP contribution in [-0.4, -0.2) is 33.4 Å². The minimum atomic E-state index is -0.130. The molecule has 2 fully saturated rings. The number of carbonyl (C=O) groups is 1. The van der Waals surface area contributed by atoms with Gasteiger partial charge in [-0.15, -0.1) is 0 Å². The Labute approximate surface area is 147 Å². The number of para-hydroxylation sites is 1. The second-order valence-electron chi connectivity index (χ2n) is 7.58.